The molecule has 3 aromatic rings. The van der Waals surface area contributed by atoms with Gasteiger partial charge in [0.1, 0.15) is 4.64 Å². The van der Waals surface area contributed by atoms with Crippen LogP contribution in [0, 0.1) is 4.64 Å². The molecule has 0 unspecified atom stereocenters. The van der Waals surface area contributed by atoms with E-state index in [2.05, 4.69) is 24.3 Å². The number of benzene rings is 2. The summed E-state index contributed by atoms with van der Waals surface area (Å²) in [5.41, 5.74) is 1.50. The van der Waals surface area contributed by atoms with Gasteiger partial charge in [-0.3, -0.25) is 4.79 Å². The molecule has 2 nitrogen and oxygen atoms in total. The van der Waals surface area contributed by atoms with E-state index in [9.17, 15) is 4.79 Å². The zero-order chi connectivity index (χ0) is 13.2. The molecular formula is C16H11NOS. The van der Waals surface area contributed by atoms with Crippen molar-refractivity contribution in [2.45, 2.75) is 0 Å². The molecule has 0 radical (unpaired) electrons. The summed E-state index contributed by atoms with van der Waals surface area (Å²) in [6, 6.07) is 17.8. The molecule has 0 bridgehead atoms. The van der Waals surface area contributed by atoms with Gasteiger partial charge in [0.05, 0.1) is 0 Å². The summed E-state index contributed by atoms with van der Waals surface area (Å²) < 4.78 is 2.39. The maximum atomic E-state index is 10.9. The molecule has 19 heavy (non-hydrogen) atoms. The van der Waals surface area contributed by atoms with Crippen LogP contribution in [-0.2, 0) is 0 Å². The highest BCUT2D eigenvalue weighted by Crippen LogP contribution is 2.19. The summed E-state index contributed by atoms with van der Waals surface area (Å²) in [5.74, 6) is 0. The number of hydrogen-bond acceptors (Lipinski definition) is 2. The van der Waals surface area contributed by atoms with E-state index in [1.165, 1.54) is 5.39 Å². The van der Waals surface area contributed by atoms with Crippen LogP contribution in [0.1, 0.15) is 10.4 Å². The Balaban J connectivity index is 2.25. The number of fused-ring (bicyclic) bond motifs is 1. The zero-order valence-corrected chi connectivity index (χ0v) is 10.9. The summed E-state index contributed by atoms with van der Waals surface area (Å²) in [6.45, 7) is 0. The van der Waals surface area contributed by atoms with Crippen molar-refractivity contribution < 1.29 is 4.79 Å². The van der Waals surface area contributed by atoms with Crippen LogP contribution < -0.4 is 0 Å². The van der Waals surface area contributed by atoms with Gasteiger partial charge in [-0.2, -0.15) is 0 Å². The third-order valence-electron chi connectivity index (χ3n) is 3.11. The third-order valence-corrected chi connectivity index (χ3v) is 3.55. The second-order valence-electron chi connectivity index (χ2n) is 4.29. The molecule has 2 aromatic carbocycles. The Morgan fingerprint density at radius 2 is 1.74 bits per heavy atom. The van der Waals surface area contributed by atoms with Gasteiger partial charge in [0.15, 0.2) is 6.29 Å². The Bertz CT molecular complexity index is 820. The maximum absolute atomic E-state index is 10.9. The number of pyridine rings is 1. The molecule has 3 rings (SSSR count). The van der Waals surface area contributed by atoms with Gasteiger partial charge in [-0.25, -0.2) is 0 Å². The fourth-order valence-corrected chi connectivity index (χ4v) is 2.41. The Morgan fingerprint density at radius 1 is 0.947 bits per heavy atom. The first kappa shape index (κ1) is 11.8. The smallest absolute Gasteiger partial charge is 0.153 e. The molecule has 92 valence electrons. The number of rotatable bonds is 2. The van der Waals surface area contributed by atoms with Crippen LogP contribution in [0.2, 0.25) is 0 Å². The average Bonchev–Trinajstić information content (AvgIpc) is 2.47. The highest BCUT2D eigenvalue weighted by Gasteiger charge is 2.02. The van der Waals surface area contributed by atoms with Crippen LogP contribution in [0.3, 0.4) is 0 Å². The lowest BCUT2D eigenvalue weighted by molar-refractivity contribution is 0.112. The topological polar surface area (TPSA) is 22.0 Å². The Morgan fingerprint density at radius 3 is 2.53 bits per heavy atom. The van der Waals surface area contributed by atoms with Crippen LogP contribution in [-0.4, -0.2) is 10.9 Å². The second kappa shape index (κ2) is 4.78. The molecule has 3 heteroatoms. The number of nitrogens with zero attached hydrogens (tertiary/aromatic N) is 1. The molecular weight excluding hydrogens is 254 g/mol. The Kier molecular flexibility index (Phi) is 2.97. The van der Waals surface area contributed by atoms with Gasteiger partial charge < -0.3 is 4.57 Å². The van der Waals surface area contributed by atoms with Crippen LogP contribution in [0.4, 0.5) is 0 Å². The minimum atomic E-state index is 0.533. The van der Waals surface area contributed by atoms with E-state index < -0.39 is 0 Å². The Hall–Kier alpha value is -2.26. The van der Waals surface area contributed by atoms with E-state index in [4.69, 9.17) is 12.2 Å². The quantitative estimate of drug-likeness (QED) is 0.512. The number of carbonyl (C=O) groups excluding carboxylic acids is 1. The van der Waals surface area contributed by atoms with E-state index in [1.807, 2.05) is 35.0 Å². The van der Waals surface area contributed by atoms with Gasteiger partial charge in [-0.05, 0) is 35.0 Å². The molecule has 0 amide bonds. The maximum Gasteiger partial charge on any atom is 0.153 e. The van der Waals surface area contributed by atoms with Crippen molar-refractivity contribution in [3.05, 3.63) is 71.0 Å². The molecule has 0 fully saturated rings. The van der Waals surface area contributed by atoms with Crippen LogP contribution >= 0.6 is 12.2 Å². The molecule has 0 aliphatic rings. The van der Waals surface area contributed by atoms with E-state index in [0.717, 1.165) is 17.4 Å². The van der Waals surface area contributed by atoms with Crippen molar-refractivity contribution in [1.82, 2.24) is 4.57 Å². The highest BCUT2D eigenvalue weighted by molar-refractivity contribution is 7.71. The lowest BCUT2D eigenvalue weighted by atomic mass is 10.1. The normalized spacial score (nSPS) is 10.5. The molecule has 0 N–H and O–H groups in total. The van der Waals surface area contributed by atoms with Crippen molar-refractivity contribution in [1.29, 1.82) is 0 Å². The molecule has 0 spiro atoms. The van der Waals surface area contributed by atoms with Gasteiger partial charge in [-0.15, -0.1) is 0 Å². The van der Waals surface area contributed by atoms with Gasteiger partial charge >= 0.3 is 0 Å². The summed E-state index contributed by atoms with van der Waals surface area (Å²) in [7, 11) is 0. The zero-order valence-electron chi connectivity index (χ0n) is 10.1. The largest absolute Gasteiger partial charge is 0.307 e. The monoisotopic (exact) mass is 265 g/mol. The lowest BCUT2D eigenvalue weighted by Gasteiger charge is -2.09. The first-order valence-corrected chi connectivity index (χ1v) is 6.36. The first-order chi connectivity index (χ1) is 9.29. The SMILES string of the molecule is O=Cc1cccn(-c2ccc3ccccc3c2)c1=S. The fourth-order valence-electron chi connectivity index (χ4n) is 2.13. The fraction of sp³-hybridized carbons (Fsp3) is 0. The average molecular weight is 265 g/mol. The van der Waals surface area contributed by atoms with Crippen molar-refractivity contribution >= 4 is 29.3 Å². The molecule has 0 aliphatic heterocycles. The van der Waals surface area contributed by atoms with E-state index >= 15 is 0 Å². The molecule has 0 saturated heterocycles. The summed E-state index contributed by atoms with van der Waals surface area (Å²) >= 11 is 5.33. The highest BCUT2D eigenvalue weighted by atomic mass is 32.1. The van der Waals surface area contributed by atoms with Crippen molar-refractivity contribution in [2.75, 3.05) is 0 Å². The minimum Gasteiger partial charge on any atom is -0.307 e. The van der Waals surface area contributed by atoms with Crippen LogP contribution in [0.5, 0.6) is 0 Å². The third kappa shape index (κ3) is 2.09. The van der Waals surface area contributed by atoms with Crippen LogP contribution in [0.15, 0.2) is 60.8 Å². The number of aldehydes is 1. The summed E-state index contributed by atoms with van der Waals surface area (Å²) in [5, 5.41) is 2.34. The Labute approximate surface area is 115 Å². The molecule has 0 saturated carbocycles. The van der Waals surface area contributed by atoms with Gasteiger partial charge in [0.25, 0.3) is 0 Å². The van der Waals surface area contributed by atoms with Crippen molar-refractivity contribution in [2.24, 2.45) is 0 Å². The van der Waals surface area contributed by atoms with Crippen molar-refractivity contribution in [3.63, 3.8) is 0 Å². The second-order valence-corrected chi connectivity index (χ2v) is 4.67. The number of hydrogen-bond donors (Lipinski definition) is 0. The predicted octanol–water partition coefficient (Wildman–Crippen LogP) is 4.17. The minimum absolute atomic E-state index is 0.533. The lowest BCUT2D eigenvalue weighted by Crippen LogP contribution is -1.99. The van der Waals surface area contributed by atoms with Gasteiger partial charge in [0.2, 0.25) is 0 Å². The van der Waals surface area contributed by atoms with Crippen molar-refractivity contribution in [3.8, 4) is 5.69 Å². The summed E-state index contributed by atoms with van der Waals surface area (Å²) in [4.78, 5) is 10.9. The molecule has 1 heterocycles. The summed E-state index contributed by atoms with van der Waals surface area (Å²) in [6.07, 6.45) is 2.67. The molecule has 1 aromatic heterocycles. The van der Waals surface area contributed by atoms with E-state index in [1.54, 1.807) is 6.07 Å². The standard InChI is InChI=1S/C16H11NOS/c18-11-14-6-3-9-17(16(14)19)15-8-7-12-4-1-2-5-13(12)10-15/h1-11H. The van der Waals surface area contributed by atoms with Gasteiger partial charge in [0, 0.05) is 17.4 Å². The van der Waals surface area contributed by atoms with E-state index in [0.29, 0.717) is 10.2 Å². The van der Waals surface area contributed by atoms with E-state index in [-0.39, 0.29) is 0 Å². The van der Waals surface area contributed by atoms with Crippen LogP contribution in [0.25, 0.3) is 16.5 Å². The number of aromatic nitrogens is 1. The molecule has 0 atom stereocenters. The number of carbonyl (C=O) groups is 1. The predicted molar refractivity (Wildman–Crippen MR) is 79.5 cm³/mol. The van der Waals surface area contributed by atoms with Gasteiger partial charge in [-0.1, -0.05) is 42.5 Å². The molecule has 0 aliphatic carbocycles. The first-order valence-electron chi connectivity index (χ1n) is 5.95.